The van der Waals surface area contributed by atoms with E-state index in [1.54, 1.807) is 21.3 Å². The third kappa shape index (κ3) is 2.76. The van der Waals surface area contributed by atoms with Gasteiger partial charge in [-0.25, -0.2) is 14.5 Å². The highest BCUT2D eigenvalue weighted by molar-refractivity contribution is 7.98. The second-order valence-electron chi connectivity index (χ2n) is 7.44. The highest BCUT2D eigenvalue weighted by atomic mass is 35.5. The lowest BCUT2D eigenvalue weighted by Gasteiger charge is -2.42. The minimum absolute atomic E-state index is 0.142. The summed E-state index contributed by atoms with van der Waals surface area (Å²) in [7, 11) is 0. The van der Waals surface area contributed by atoms with E-state index in [2.05, 4.69) is 25.1 Å². The zero-order chi connectivity index (χ0) is 21.8. The van der Waals surface area contributed by atoms with Crippen LogP contribution < -0.4 is 10.5 Å². The summed E-state index contributed by atoms with van der Waals surface area (Å²) in [5.74, 6) is 1.41. The van der Waals surface area contributed by atoms with Gasteiger partial charge in [-0.05, 0) is 30.9 Å². The van der Waals surface area contributed by atoms with E-state index < -0.39 is 0 Å². The van der Waals surface area contributed by atoms with Crippen molar-refractivity contribution in [3.05, 3.63) is 70.1 Å². The normalized spacial score (nSPS) is 16.1. The van der Waals surface area contributed by atoms with Crippen LogP contribution in [0.25, 0.3) is 22.2 Å². The van der Waals surface area contributed by atoms with E-state index in [1.807, 2.05) is 36.6 Å². The summed E-state index contributed by atoms with van der Waals surface area (Å²) in [6.07, 6.45) is 6.05. The number of para-hydroxylation sites is 1. The summed E-state index contributed by atoms with van der Waals surface area (Å²) in [4.78, 5) is 24.6. The van der Waals surface area contributed by atoms with Crippen LogP contribution in [-0.4, -0.2) is 47.1 Å². The zero-order valence-electron chi connectivity index (χ0n) is 16.9. The SMILES string of the molecule is CSc1n[nH]c2ncnc(N3CC[C@H]3c3nn4ccc(Cl)c4c(=O)n3-c3ccccc3)c12. The number of aromatic nitrogens is 7. The molecule has 32 heavy (non-hydrogen) atoms. The minimum Gasteiger partial charge on any atom is -0.345 e. The number of nitrogens with zero attached hydrogens (tertiary/aromatic N) is 7. The van der Waals surface area contributed by atoms with Crippen molar-refractivity contribution >= 4 is 45.7 Å². The number of anilines is 1. The maximum atomic E-state index is 13.5. The Morgan fingerprint density at radius 3 is 2.78 bits per heavy atom. The molecule has 5 heterocycles. The molecule has 4 aromatic heterocycles. The molecule has 5 aromatic rings. The number of fused-ring (bicyclic) bond motifs is 2. The Balaban J connectivity index is 1.57. The quantitative estimate of drug-likeness (QED) is 0.406. The molecular weight excluding hydrogens is 448 g/mol. The van der Waals surface area contributed by atoms with Crippen molar-refractivity contribution in [1.82, 2.24) is 34.3 Å². The molecule has 0 bridgehead atoms. The molecule has 160 valence electrons. The molecule has 9 nitrogen and oxygen atoms in total. The Morgan fingerprint density at radius 1 is 1.19 bits per heavy atom. The van der Waals surface area contributed by atoms with Gasteiger partial charge in [0.05, 0.1) is 22.1 Å². The first-order valence-corrected chi connectivity index (χ1v) is 11.6. The number of nitrogens with one attached hydrogen (secondary N) is 1. The molecule has 0 unspecified atom stereocenters. The summed E-state index contributed by atoms with van der Waals surface area (Å²) in [6, 6.07) is 11.1. The van der Waals surface area contributed by atoms with Crippen LogP contribution in [-0.2, 0) is 0 Å². The maximum Gasteiger partial charge on any atom is 0.284 e. The lowest BCUT2D eigenvalue weighted by molar-refractivity contribution is 0.424. The molecule has 1 atom stereocenters. The molecule has 1 saturated heterocycles. The molecule has 1 aliphatic rings. The Morgan fingerprint density at radius 2 is 2.03 bits per heavy atom. The molecule has 0 saturated carbocycles. The van der Waals surface area contributed by atoms with Crippen LogP contribution in [0, 0.1) is 0 Å². The standard InChI is InChI=1S/C21H17ClN8OS/c1-32-20-15-17(25-26-20)23-11-24-19(15)28-9-8-14(28)18-27-29-10-7-13(22)16(29)21(31)30(18)12-5-3-2-4-6-12/h2-7,10-11,14H,8-9H2,1H3,(H,23,24,25,26)/t14-/m0/s1. The van der Waals surface area contributed by atoms with Crippen molar-refractivity contribution in [3.63, 3.8) is 0 Å². The molecule has 1 aromatic carbocycles. The van der Waals surface area contributed by atoms with E-state index in [9.17, 15) is 4.79 Å². The number of hydrogen-bond acceptors (Lipinski definition) is 7. The van der Waals surface area contributed by atoms with Crippen molar-refractivity contribution in [2.75, 3.05) is 17.7 Å². The molecule has 11 heteroatoms. The first-order valence-electron chi connectivity index (χ1n) is 10.0. The Hall–Kier alpha value is -3.37. The van der Waals surface area contributed by atoms with Gasteiger partial charge >= 0.3 is 0 Å². The van der Waals surface area contributed by atoms with Crippen molar-refractivity contribution in [3.8, 4) is 5.69 Å². The predicted octanol–water partition coefficient (Wildman–Crippen LogP) is 3.48. The molecule has 0 radical (unpaired) electrons. The fraction of sp³-hybridized carbons (Fsp3) is 0.190. The van der Waals surface area contributed by atoms with Crippen molar-refractivity contribution < 1.29 is 0 Å². The number of H-pyrrole nitrogens is 1. The molecule has 0 aliphatic carbocycles. The number of rotatable bonds is 4. The fourth-order valence-corrected chi connectivity index (χ4v) is 4.93. The van der Waals surface area contributed by atoms with Crippen LogP contribution in [0.15, 0.2) is 58.7 Å². The monoisotopic (exact) mass is 464 g/mol. The van der Waals surface area contributed by atoms with Crippen molar-refractivity contribution in [1.29, 1.82) is 0 Å². The second-order valence-corrected chi connectivity index (χ2v) is 8.64. The number of thioether (sulfide) groups is 1. The lowest BCUT2D eigenvalue weighted by atomic mass is 10.0. The van der Waals surface area contributed by atoms with Gasteiger partial charge in [-0.2, -0.15) is 10.2 Å². The average Bonchev–Trinajstić information content (AvgIpc) is 3.38. The van der Waals surface area contributed by atoms with E-state index in [-0.39, 0.29) is 11.6 Å². The third-order valence-corrected chi connectivity index (χ3v) is 6.75. The minimum atomic E-state index is -0.205. The Bertz CT molecular complexity index is 1530. The molecule has 0 spiro atoms. The van der Waals surface area contributed by atoms with Crippen LogP contribution in [0.5, 0.6) is 0 Å². The van der Waals surface area contributed by atoms with Gasteiger partial charge in [0.2, 0.25) is 0 Å². The molecule has 1 aliphatic heterocycles. The first-order chi connectivity index (χ1) is 15.7. The van der Waals surface area contributed by atoms with Gasteiger partial charge in [-0.15, -0.1) is 11.8 Å². The van der Waals surface area contributed by atoms with Crippen LogP contribution in [0.4, 0.5) is 5.82 Å². The third-order valence-electron chi connectivity index (χ3n) is 5.76. The van der Waals surface area contributed by atoms with Crippen LogP contribution in [0.1, 0.15) is 18.3 Å². The smallest absolute Gasteiger partial charge is 0.284 e. The summed E-state index contributed by atoms with van der Waals surface area (Å²) in [6.45, 7) is 0.783. The lowest BCUT2D eigenvalue weighted by Crippen LogP contribution is -2.45. The molecular formula is C21H17ClN8OS. The number of hydrogen-bond donors (Lipinski definition) is 1. The van der Waals surface area contributed by atoms with Gasteiger partial charge in [0.25, 0.3) is 5.56 Å². The van der Waals surface area contributed by atoms with Crippen LogP contribution >= 0.6 is 23.4 Å². The number of aromatic amines is 1. The first kappa shape index (κ1) is 19.3. The van der Waals surface area contributed by atoms with E-state index in [0.717, 1.165) is 34.9 Å². The van der Waals surface area contributed by atoms with Gasteiger partial charge < -0.3 is 4.90 Å². The van der Waals surface area contributed by atoms with Crippen molar-refractivity contribution in [2.24, 2.45) is 0 Å². The molecule has 6 rings (SSSR count). The molecule has 1 N–H and O–H groups in total. The van der Waals surface area contributed by atoms with Gasteiger partial charge in [0.1, 0.15) is 22.7 Å². The van der Waals surface area contributed by atoms with Gasteiger partial charge in [0.15, 0.2) is 11.5 Å². The summed E-state index contributed by atoms with van der Waals surface area (Å²) in [5, 5.41) is 14.2. The number of benzene rings is 1. The Kier molecular flexibility index (Phi) is 4.44. The van der Waals surface area contributed by atoms with E-state index in [4.69, 9.17) is 16.7 Å². The van der Waals surface area contributed by atoms with Crippen LogP contribution in [0.3, 0.4) is 0 Å². The largest absolute Gasteiger partial charge is 0.345 e. The van der Waals surface area contributed by atoms with Gasteiger partial charge in [0, 0.05) is 12.7 Å². The van der Waals surface area contributed by atoms with Crippen molar-refractivity contribution in [2.45, 2.75) is 17.5 Å². The predicted molar refractivity (Wildman–Crippen MR) is 124 cm³/mol. The van der Waals surface area contributed by atoms with Gasteiger partial charge in [-0.3, -0.25) is 14.5 Å². The highest BCUT2D eigenvalue weighted by Gasteiger charge is 2.37. The zero-order valence-corrected chi connectivity index (χ0v) is 18.5. The molecule has 1 fully saturated rings. The maximum absolute atomic E-state index is 13.5. The summed E-state index contributed by atoms with van der Waals surface area (Å²) < 4.78 is 3.22. The summed E-state index contributed by atoms with van der Waals surface area (Å²) >= 11 is 7.85. The van der Waals surface area contributed by atoms with E-state index in [0.29, 0.717) is 22.0 Å². The fourth-order valence-electron chi connectivity index (χ4n) is 4.18. The number of halogens is 1. The van der Waals surface area contributed by atoms with E-state index >= 15 is 0 Å². The second kappa shape index (κ2) is 7.35. The Labute approximate surface area is 191 Å². The van der Waals surface area contributed by atoms with Crippen LogP contribution in [0.2, 0.25) is 5.02 Å². The summed E-state index contributed by atoms with van der Waals surface area (Å²) in [5.41, 5.74) is 1.58. The van der Waals surface area contributed by atoms with Gasteiger partial charge in [-0.1, -0.05) is 29.8 Å². The molecule has 0 amide bonds. The topological polar surface area (TPSA) is 97.0 Å². The van der Waals surface area contributed by atoms with E-state index in [1.165, 1.54) is 18.1 Å². The average molecular weight is 465 g/mol. The highest BCUT2D eigenvalue weighted by Crippen LogP contribution is 2.40.